The number of nitrogens with one attached hydrogen (secondary N) is 1. The second-order valence-electron chi connectivity index (χ2n) is 6.53. The van der Waals surface area contributed by atoms with Gasteiger partial charge in [0.2, 0.25) is 10.0 Å². The number of hydrogen-bond acceptors (Lipinski definition) is 4. The van der Waals surface area contributed by atoms with Crippen LogP contribution in [-0.4, -0.2) is 42.4 Å². The number of rotatable bonds is 6. The first-order valence-electron chi connectivity index (χ1n) is 8.15. The SMILES string of the molecule is Cc1ccc(CN2Cc3ccnn3C(CCNS(C)(=O)=O)C2)cc1. The van der Waals surface area contributed by atoms with Crippen LogP contribution in [0.3, 0.4) is 0 Å². The highest BCUT2D eigenvalue weighted by Crippen LogP contribution is 2.24. The zero-order chi connectivity index (χ0) is 17.2. The maximum atomic E-state index is 11.3. The normalized spacial score (nSPS) is 18.5. The molecule has 0 radical (unpaired) electrons. The Bertz CT molecular complexity index is 783. The minimum absolute atomic E-state index is 0.184. The van der Waals surface area contributed by atoms with Crippen LogP contribution in [0.25, 0.3) is 0 Å². The summed E-state index contributed by atoms with van der Waals surface area (Å²) in [5, 5.41) is 4.42. The zero-order valence-electron chi connectivity index (χ0n) is 14.1. The summed E-state index contributed by atoms with van der Waals surface area (Å²) < 4.78 is 27.1. The molecule has 0 amide bonds. The largest absolute Gasteiger partial charge is 0.291 e. The average Bonchev–Trinajstić information content (AvgIpc) is 2.97. The number of fused-ring (bicyclic) bond motifs is 1. The van der Waals surface area contributed by atoms with Crippen molar-refractivity contribution < 1.29 is 8.42 Å². The summed E-state index contributed by atoms with van der Waals surface area (Å²) in [5.41, 5.74) is 3.74. The van der Waals surface area contributed by atoms with E-state index in [2.05, 4.69) is 45.9 Å². The molecule has 6 nitrogen and oxygen atoms in total. The molecule has 2 aromatic rings. The Balaban J connectivity index is 1.67. The summed E-state index contributed by atoms with van der Waals surface area (Å²) in [6.45, 7) is 5.15. The van der Waals surface area contributed by atoms with Crippen LogP contribution in [0, 0.1) is 6.92 Å². The summed E-state index contributed by atoms with van der Waals surface area (Å²) >= 11 is 0. The van der Waals surface area contributed by atoms with Crippen molar-refractivity contribution in [3.8, 4) is 0 Å². The van der Waals surface area contributed by atoms with Crippen molar-refractivity contribution in [1.29, 1.82) is 0 Å². The Hall–Kier alpha value is -1.70. The summed E-state index contributed by atoms with van der Waals surface area (Å²) in [5.74, 6) is 0. The Morgan fingerprint density at radius 2 is 2.00 bits per heavy atom. The van der Waals surface area contributed by atoms with E-state index in [-0.39, 0.29) is 6.04 Å². The average molecular weight is 348 g/mol. The molecular formula is C17H24N4O2S. The number of benzene rings is 1. The maximum absolute atomic E-state index is 11.3. The van der Waals surface area contributed by atoms with E-state index in [1.165, 1.54) is 23.1 Å². The van der Waals surface area contributed by atoms with Crippen molar-refractivity contribution in [3.63, 3.8) is 0 Å². The highest BCUT2D eigenvalue weighted by atomic mass is 32.2. The van der Waals surface area contributed by atoms with E-state index in [4.69, 9.17) is 0 Å². The van der Waals surface area contributed by atoms with Gasteiger partial charge in [-0.2, -0.15) is 5.10 Å². The van der Waals surface area contributed by atoms with E-state index in [1.807, 2.05) is 16.9 Å². The van der Waals surface area contributed by atoms with Gasteiger partial charge in [0.15, 0.2) is 0 Å². The van der Waals surface area contributed by atoms with Crippen LogP contribution < -0.4 is 4.72 Å². The smallest absolute Gasteiger partial charge is 0.208 e. The second kappa shape index (κ2) is 7.04. The molecular weight excluding hydrogens is 324 g/mol. The van der Waals surface area contributed by atoms with Gasteiger partial charge in [-0.05, 0) is 25.0 Å². The lowest BCUT2D eigenvalue weighted by Crippen LogP contribution is -2.38. The Labute approximate surface area is 143 Å². The van der Waals surface area contributed by atoms with Gasteiger partial charge in [-0.25, -0.2) is 13.1 Å². The third kappa shape index (κ3) is 4.43. The maximum Gasteiger partial charge on any atom is 0.208 e. The molecule has 130 valence electrons. The first-order chi connectivity index (χ1) is 11.4. The molecule has 1 aliphatic rings. The quantitative estimate of drug-likeness (QED) is 0.863. The van der Waals surface area contributed by atoms with Crippen LogP contribution in [-0.2, 0) is 23.1 Å². The molecule has 0 saturated carbocycles. The zero-order valence-corrected chi connectivity index (χ0v) is 15.0. The van der Waals surface area contributed by atoms with Crippen molar-refractivity contribution in [2.24, 2.45) is 0 Å². The van der Waals surface area contributed by atoms with E-state index in [0.717, 1.165) is 26.1 Å². The molecule has 3 rings (SSSR count). The first-order valence-corrected chi connectivity index (χ1v) is 10.0. The third-order valence-electron chi connectivity index (χ3n) is 4.32. The number of sulfonamides is 1. The van der Waals surface area contributed by atoms with Crippen LogP contribution in [0.1, 0.15) is 29.3 Å². The standard InChI is InChI=1S/C17H24N4O2S/c1-14-3-5-15(6-4-14)11-20-12-16-7-9-18-21(16)17(13-20)8-10-19-24(2,22)23/h3-7,9,17,19H,8,10-13H2,1-2H3. The fourth-order valence-electron chi connectivity index (χ4n) is 3.16. The molecule has 0 aliphatic carbocycles. The van der Waals surface area contributed by atoms with Crippen LogP contribution >= 0.6 is 0 Å². The van der Waals surface area contributed by atoms with E-state index >= 15 is 0 Å². The number of aromatic nitrogens is 2. The van der Waals surface area contributed by atoms with E-state index in [1.54, 1.807) is 0 Å². The van der Waals surface area contributed by atoms with Crippen molar-refractivity contribution in [2.75, 3.05) is 19.3 Å². The molecule has 0 spiro atoms. The van der Waals surface area contributed by atoms with Gasteiger partial charge in [0.05, 0.1) is 18.0 Å². The molecule has 24 heavy (non-hydrogen) atoms. The van der Waals surface area contributed by atoms with Gasteiger partial charge in [-0.1, -0.05) is 29.8 Å². The lowest BCUT2D eigenvalue weighted by Gasteiger charge is -2.34. The fraction of sp³-hybridized carbons (Fsp3) is 0.471. The Morgan fingerprint density at radius 1 is 1.25 bits per heavy atom. The van der Waals surface area contributed by atoms with Crippen LogP contribution in [0.4, 0.5) is 0 Å². The van der Waals surface area contributed by atoms with Crippen molar-refractivity contribution in [1.82, 2.24) is 19.4 Å². The lowest BCUT2D eigenvalue weighted by molar-refractivity contribution is 0.162. The molecule has 1 unspecified atom stereocenters. The minimum atomic E-state index is -3.15. The Kier molecular flexibility index (Phi) is 5.03. The highest BCUT2D eigenvalue weighted by Gasteiger charge is 2.25. The number of nitrogens with zero attached hydrogens (tertiary/aromatic N) is 3. The van der Waals surface area contributed by atoms with E-state index in [0.29, 0.717) is 6.54 Å². The van der Waals surface area contributed by atoms with Crippen molar-refractivity contribution in [2.45, 2.75) is 32.5 Å². The second-order valence-corrected chi connectivity index (χ2v) is 8.36. The van der Waals surface area contributed by atoms with Gasteiger partial charge in [0.1, 0.15) is 0 Å². The topological polar surface area (TPSA) is 67.2 Å². The van der Waals surface area contributed by atoms with Crippen LogP contribution in [0.15, 0.2) is 36.5 Å². The van der Waals surface area contributed by atoms with Crippen molar-refractivity contribution in [3.05, 3.63) is 53.3 Å². The molecule has 1 atom stereocenters. The molecule has 1 N–H and O–H groups in total. The summed E-state index contributed by atoms with van der Waals surface area (Å²) in [7, 11) is -3.15. The van der Waals surface area contributed by atoms with Gasteiger partial charge < -0.3 is 0 Å². The molecule has 0 fully saturated rings. The monoisotopic (exact) mass is 348 g/mol. The molecule has 1 aromatic carbocycles. The van der Waals surface area contributed by atoms with Gasteiger partial charge in [0, 0.05) is 32.4 Å². The summed E-state index contributed by atoms with van der Waals surface area (Å²) in [6.07, 6.45) is 3.74. The van der Waals surface area contributed by atoms with E-state index in [9.17, 15) is 8.42 Å². The number of hydrogen-bond donors (Lipinski definition) is 1. The van der Waals surface area contributed by atoms with Gasteiger partial charge >= 0.3 is 0 Å². The van der Waals surface area contributed by atoms with Gasteiger partial charge in [0.25, 0.3) is 0 Å². The lowest BCUT2D eigenvalue weighted by atomic mass is 10.1. The van der Waals surface area contributed by atoms with E-state index < -0.39 is 10.0 Å². The Morgan fingerprint density at radius 3 is 2.71 bits per heavy atom. The third-order valence-corrected chi connectivity index (χ3v) is 5.05. The van der Waals surface area contributed by atoms with Crippen LogP contribution in [0.5, 0.6) is 0 Å². The first kappa shape index (κ1) is 17.1. The number of aryl methyl sites for hydroxylation is 1. The highest BCUT2D eigenvalue weighted by molar-refractivity contribution is 7.88. The van der Waals surface area contributed by atoms with Gasteiger partial charge in [-0.15, -0.1) is 0 Å². The predicted octanol–water partition coefficient (Wildman–Crippen LogP) is 1.69. The van der Waals surface area contributed by atoms with Crippen LogP contribution in [0.2, 0.25) is 0 Å². The predicted molar refractivity (Wildman–Crippen MR) is 94.0 cm³/mol. The van der Waals surface area contributed by atoms with Crippen molar-refractivity contribution >= 4 is 10.0 Å². The summed E-state index contributed by atoms with van der Waals surface area (Å²) in [6, 6.07) is 10.8. The molecule has 2 heterocycles. The summed E-state index contributed by atoms with van der Waals surface area (Å²) in [4.78, 5) is 2.40. The fourth-order valence-corrected chi connectivity index (χ4v) is 3.65. The molecule has 1 aliphatic heterocycles. The van der Waals surface area contributed by atoms with Gasteiger partial charge in [-0.3, -0.25) is 9.58 Å². The minimum Gasteiger partial charge on any atom is -0.291 e. The molecule has 7 heteroatoms. The molecule has 0 bridgehead atoms. The molecule has 1 aromatic heterocycles. The molecule has 0 saturated heterocycles.